The molecule has 0 unspecified atom stereocenters. The Hall–Kier alpha value is -4.23. The van der Waals surface area contributed by atoms with Crippen LogP contribution in [0.5, 0.6) is 11.5 Å². The number of nitrogens with one attached hydrogen (secondary N) is 1. The van der Waals surface area contributed by atoms with E-state index < -0.39 is 17.6 Å². The quantitative estimate of drug-likeness (QED) is 0.466. The van der Waals surface area contributed by atoms with Crippen LogP contribution in [0, 0.1) is 11.8 Å². The van der Waals surface area contributed by atoms with Gasteiger partial charge < -0.3 is 25.4 Å². The summed E-state index contributed by atoms with van der Waals surface area (Å²) < 4.78 is 52.6. The maximum atomic E-state index is 13.9. The fourth-order valence-corrected chi connectivity index (χ4v) is 4.02. The van der Waals surface area contributed by atoms with E-state index in [9.17, 15) is 18.0 Å². The molecule has 2 aromatic carbocycles. The molecule has 1 saturated heterocycles. The molecule has 7 nitrogen and oxygen atoms in total. The molecule has 3 aromatic rings. The zero-order valence-corrected chi connectivity index (χ0v) is 20.9. The minimum Gasteiger partial charge on any atom is -0.495 e. The molecule has 0 aliphatic carbocycles. The maximum Gasteiger partial charge on any atom is 0.420 e. The molecule has 0 spiro atoms. The van der Waals surface area contributed by atoms with Crippen molar-refractivity contribution >= 4 is 17.4 Å². The molecule has 1 aromatic heterocycles. The van der Waals surface area contributed by atoms with Crippen molar-refractivity contribution < 1.29 is 27.4 Å². The zero-order valence-electron chi connectivity index (χ0n) is 20.9. The third-order valence-electron chi connectivity index (χ3n) is 6.13. The molecule has 0 radical (unpaired) electrons. The minimum absolute atomic E-state index is 0.00959. The largest absolute Gasteiger partial charge is 0.495 e. The highest BCUT2D eigenvalue weighted by atomic mass is 19.4. The topological polar surface area (TPSA) is 89.7 Å². The Morgan fingerprint density at radius 2 is 1.79 bits per heavy atom. The predicted octanol–water partition coefficient (Wildman–Crippen LogP) is 4.82. The second-order valence-electron chi connectivity index (χ2n) is 8.88. The van der Waals surface area contributed by atoms with E-state index in [1.807, 2.05) is 7.05 Å². The Morgan fingerprint density at radius 3 is 2.47 bits per heavy atom. The summed E-state index contributed by atoms with van der Waals surface area (Å²) in [5, 5.41) is 2.53. The molecule has 1 aliphatic rings. The number of hydrogen-bond donors (Lipinski definition) is 2. The number of hydrogen-bond acceptors (Lipinski definition) is 6. The van der Waals surface area contributed by atoms with Crippen molar-refractivity contribution in [2.75, 3.05) is 38.3 Å². The number of benzene rings is 2. The van der Waals surface area contributed by atoms with Gasteiger partial charge in [-0.05, 0) is 68.4 Å². The van der Waals surface area contributed by atoms with Gasteiger partial charge in [0.25, 0.3) is 5.91 Å². The van der Waals surface area contributed by atoms with Gasteiger partial charge in [0.1, 0.15) is 23.4 Å². The second-order valence-corrected chi connectivity index (χ2v) is 8.88. The van der Waals surface area contributed by atoms with Crippen molar-refractivity contribution in [3.8, 4) is 23.3 Å². The summed E-state index contributed by atoms with van der Waals surface area (Å²) >= 11 is 0. The standard InChI is InChI=1S/C28H27F3N4O3/c1-35-14-11-22(12-15-35)38-25-10-8-21(17-23(25)28(29,30)31)34-27(36)20-7-9-24(37-2)19(16-20)6-5-18-4-3-13-33-26(18)32/h3-4,7-10,13,16-17,22H,11-12,14-15H2,1-2H3,(H2,32,33)(H,34,36). The Bertz CT molecular complexity index is 1370. The Balaban J connectivity index is 1.55. The van der Waals surface area contributed by atoms with Gasteiger partial charge >= 0.3 is 6.18 Å². The lowest BCUT2D eigenvalue weighted by molar-refractivity contribution is -0.139. The number of ether oxygens (including phenoxy) is 2. The van der Waals surface area contributed by atoms with Crippen LogP contribution in [0.4, 0.5) is 24.7 Å². The van der Waals surface area contributed by atoms with Crippen LogP contribution in [0.25, 0.3) is 0 Å². The summed E-state index contributed by atoms with van der Waals surface area (Å²) in [7, 11) is 3.43. The summed E-state index contributed by atoms with van der Waals surface area (Å²) in [5.41, 5.74) is 5.98. The van der Waals surface area contributed by atoms with E-state index in [4.69, 9.17) is 15.2 Å². The number of methoxy groups -OCH3 is 1. The number of nitrogen functional groups attached to an aromatic ring is 1. The van der Waals surface area contributed by atoms with Crippen LogP contribution in [0.1, 0.15) is 39.9 Å². The molecular formula is C28H27F3N4O3. The number of carbonyl (C=O) groups excluding carboxylic acids is 1. The molecule has 4 rings (SSSR count). The average molecular weight is 525 g/mol. The normalized spacial score (nSPS) is 14.3. The first-order valence-electron chi connectivity index (χ1n) is 11.9. The van der Waals surface area contributed by atoms with E-state index in [1.165, 1.54) is 31.4 Å². The number of alkyl halides is 3. The predicted molar refractivity (Wildman–Crippen MR) is 138 cm³/mol. The molecule has 10 heteroatoms. The van der Waals surface area contributed by atoms with E-state index in [-0.39, 0.29) is 28.9 Å². The molecule has 1 amide bonds. The van der Waals surface area contributed by atoms with Crippen LogP contribution in [-0.4, -0.2) is 49.1 Å². The van der Waals surface area contributed by atoms with Crippen LogP contribution < -0.4 is 20.5 Å². The van der Waals surface area contributed by atoms with Crippen LogP contribution >= 0.6 is 0 Å². The minimum atomic E-state index is -4.65. The Labute approximate surface area is 218 Å². The molecule has 0 saturated carbocycles. The van der Waals surface area contributed by atoms with Crippen molar-refractivity contribution in [1.29, 1.82) is 0 Å². The lowest BCUT2D eigenvalue weighted by atomic mass is 10.1. The van der Waals surface area contributed by atoms with Crippen LogP contribution in [0.2, 0.25) is 0 Å². The van der Waals surface area contributed by atoms with Gasteiger partial charge in [-0.1, -0.05) is 11.8 Å². The number of amides is 1. The van der Waals surface area contributed by atoms with E-state index in [0.29, 0.717) is 29.7 Å². The van der Waals surface area contributed by atoms with Crippen molar-refractivity contribution in [2.24, 2.45) is 0 Å². The maximum absolute atomic E-state index is 13.9. The zero-order chi connectivity index (χ0) is 27.3. The average Bonchev–Trinajstić information content (AvgIpc) is 2.89. The fourth-order valence-electron chi connectivity index (χ4n) is 4.02. The number of rotatable bonds is 5. The first-order chi connectivity index (χ1) is 18.1. The third kappa shape index (κ3) is 6.55. The first kappa shape index (κ1) is 26.8. The van der Waals surface area contributed by atoms with Gasteiger partial charge in [0.2, 0.25) is 0 Å². The van der Waals surface area contributed by atoms with Gasteiger partial charge in [0, 0.05) is 30.5 Å². The van der Waals surface area contributed by atoms with E-state index in [1.54, 1.807) is 24.4 Å². The fraction of sp³-hybridized carbons (Fsp3) is 0.286. The highest BCUT2D eigenvalue weighted by molar-refractivity contribution is 6.04. The van der Waals surface area contributed by atoms with Crippen molar-refractivity contribution in [3.05, 3.63) is 77.0 Å². The van der Waals surface area contributed by atoms with E-state index >= 15 is 0 Å². The Morgan fingerprint density at radius 1 is 1.08 bits per heavy atom. The van der Waals surface area contributed by atoms with E-state index in [2.05, 4.69) is 27.0 Å². The van der Waals surface area contributed by atoms with Crippen molar-refractivity contribution in [2.45, 2.75) is 25.1 Å². The van der Waals surface area contributed by atoms with Crippen LogP contribution in [0.3, 0.4) is 0 Å². The van der Waals surface area contributed by atoms with E-state index in [0.717, 1.165) is 19.2 Å². The number of nitrogens with zero attached hydrogens (tertiary/aromatic N) is 2. The first-order valence-corrected chi connectivity index (χ1v) is 11.9. The summed E-state index contributed by atoms with van der Waals surface area (Å²) in [6.07, 6.45) is -2.12. The number of nitrogens with two attached hydrogens (primary N) is 1. The molecule has 1 aliphatic heterocycles. The summed E-state index contributed by atoms with van der Waals surface area (Å²) in [4.78, 5) is 19.0. The molecule has 198 valence electrons. The number of piperidine rings is 1. The number of likely N-dealkylation sites (tertiary alicyclic amines) is 1. The van der Waals surface area contributed by atoms with Crippen LogP contribution in [-0.2, 0) is 6.18 Å². The molecule has 1 fully saturated rings. The smallest absolute Gasteiger partial charge is 0.420 e. The number of carbonyl (C=O) groups is 1. The SMILES string of the molecule is COc1ccc(C(=O)Nc2ccc(OC3CCN(C)CC3)c(C(F)(F)F)c2)cc1C#Cc1cccnc1N. The molecule has 3 N–H and O–H groups in total. The number of aromatic nitrogens is 1. The summed E-state index contributed by atoms with van der Waals surface area (Å²) in [6, 6.07) is 11.5. The van der Waals surface area contributed by atoms with Gasteiger partial charge in [-0.2, -0.15) is 13.2 Å². The van der Waals surface area contributed by atoms with Crippen molar-refractivity contribution in [1.82, 2.24) is 9.88 Å². The highest BCUT2D eigenvalue weighted by Crippen LogP contribution is 2.39. The molecule has 38 heavy (non-hydrogen) atoms. The lowest BCUT2D eigenvalue weighted by Crippen LogP contribution is -2.36. The molecule has 0 atom stereocenters. The van der Waals surface area contributed by atoms with Gasteiger partial charge in [0.05, 0.1) is 23.8 Å². The number of pyridine rings is 1. The molecule has 0 bridgehead atoms. The second kappa shape index (κ2) is 11.4. The monoisotopic (exact) mass is 524 g/mol. The van der Waals surface area contributed by atoms with Crippen LogP contribution in [0.15, 0.2) is 54.7 Å². The molecule has 2 heterocycles. The number of anilines is 2. The number of halogens is 3. The van der Waals surface area contributed by atoms with Crippen molar-refractivity contribution in [3.63, 3.8) is 0 Å². The summed E-state index contributed by atoms with van der Waals surface area (Å²) in [5.74, 6) is 5.64. The third-order valence-corrected chi connectivity index (χ3v) is 6.13. The van der Waals surface area contributed by atoms with Gasteiger partial charge in [-0.25, -0.2) is 4.98 Å². The Kier molecular flexibility index (Phi) is 8.08. The lowest BCUT2D eigenvalue weighted by Gasteiger charge is -2.30. The highest BCUT2D eigenvalue weighted by Gasteiger charge is 2.36. The van der Waals surface area contributed by atoms with Gasteiger partial charge in [-0.15, -0.1) is 0 Å². The van der Waals surface area contributed by atoms with Gasteiger partial charge in [0.15, 0.2) is 0 Å². The van der Waals surface area contributed by atoms with Gasteiger partial charge in [-0.3, -0.25) is 4.79 Å². The summed E-state index contributed by atoms with van der Waals surface area (Å²) in [6.45, 7) is 1.51. The molecular weight excluding hydrogens is 497 g/mol.